The first-order chi connectivity index (χ1) is 15.1. The molecule has 1 aliphatic rings. The number of rotatable bonds is 9. The number of aliphatic imine (C=N–C) groups is 1. The molecule has 3 rings (SSSR count). The molecular weight excluding hydrogens is 529 g/mol. The highest BCUT2D eigenvalue weighted by atomic mass is 127. The van der Waals surface area contributed by atoms with E-state index in [0.717, 1.165) is 24.2 Å². The largest absolute Gasteiger partial charge is 0.493 e. The standard InChI is InChI=1S/C23H30F2N4O2.HI/c1-26-23(27-15-17-6-3-7-19(14-17)31-13-5-12-30-2)28-18-10-11-29(16-18)22-20(24)8-4-9-21(22)25;/h3-4,6-9,14,18H,5,10-13,15-16H2,1-2H3,(H2,26,27,28);1H. The summed E-state index contributed by atoms with van der Waals surface area (Å²) < 4.78 is 38.9. The number of nitrogens with one attached hydrogen (secondary N) is 2. The van der Waals surface area contributed by atoms with Gasteiger partial charge < -0.3 is 25.0 Å². The Bertz CT molecular complexity index is 865. The van der Waals surface area contributed by atoms with Gasteiger partial charge in [-0.15, -0.1) is 24.0 Å². The van der Waals surface area contributed by atoms with Crippen molar-refractivity contribution in [3.05, 3.63) is 59.7 Å². The molecule has 1 atom stereocenters. The lowest BCUT2D eigenvalue weighted by molar-refractivity contribution is 0.172. The van der Waals surface area contributed by atoms with E-state index in [-0.39, 0.29) is 35.7 Å². The predicted molar refractivity (Wildman–Crippen MR) is 134 cm³/mol. The Labute approximate surface area is 205 Å². The van der Waals surface area contributed by atoms with Crippen molar-refractivity contribution in [3.8, 4) is 5.75 Å². The Morgan fingerprint density at radius 1 is 1.16 bits per heavy atom. The van der Waals surface area contributed by atoms with Crippen LogP contribution in [-0.2, 0) is 11.3 Å². The second-order valence-corrected chi connectivity index (χ2v) is 7.41. The summed E-state index contributed by atoms with van der Waals surface area (Å²) in [5, 5.41) is 6.63. The average molecular weight is 560 g/mol. The van der Waals surface area contributed by atoms with Crippen molar-refractivity contribution in [2.24, 2.45) is 4.99 Å². The number of nitrogens with zero attached hydrogens (tertiary/aromatic N) is 2. The summed E-state index contributed by atoms with van der Waals surface area (Å²) in [4.78, 5) is 6.01. The molecule has 2 aromatic rings. The zero-order valence-electron chi connectivity index (χ0n) is 18.4. The van der Waals surface area contributed by atoms with Gasteiger partial charge in [0.1, 0.15) is 23.1 Å². The molecule has 0 aromatic heterocycles. The Morgan fingerprint density at radius 2 is 1.91 bits per heavy atom. The third-order valence-corrected chi connectivity index (χ3v) is 5.13. The molecule has 1 unspecified atom stereocenters. The first kappa shape index (κ1) is 26.1. The fraction of sp³-hybridized carbons (Fsp3) is 0.435. The molecule has 1 heterocycles. The van der Waals surface area contributed by atoms with Crippen LogP contribution in [0.15, 0.2) is 47.5 Å². The van der Waals surface area contributed by atoms with Crippen molar-refractivity contribution in [1.29, 1.82) is 0 Å². The quantitative estimate of drug-likeness (QED) is 0.211. The molecular formula is C23H31F2IN4O2. The van der Waals surface area contributed by atoms with Gasteiger partial charge in [0.15, 0.2) is 5.96 Å². The normalized spacial score (nSPS) is 15.9. The summed E-state index contributed by atoms with van der Waals surface area (Å²) in [7, 11) is 3.38. The van der Waals surface area contributed by atoms with Gasteiger partial charge in [-0.25, -0.2) is 8.78 Å². The smallest absolute Gasteiger partial charge is 0.191 e. The van der Waals surface area contributed by atoms with Crippen LogP contribution in [0.4, 0.5) is 14.5 Å². The number of anilines is 1. The van der Waals surface area contributed by atoms with Crippen molar-refractivity contribution in [2.75, 3.05) is 45.4 Å². The molecule has 1 aliphatic heterocycles. The topological polar surface area (TPSA) is 58.1 Å². The van der Waals surface area contributed by atoms with Gasteiger partial charge in [0.2, 0.25) is 0 Å². The van der Waals surface area contributed by atoms with Gasteiger partial charge in [-0.2, -0.15) is 0 Å². The average Bonchev–Trinajstić information content (AvgIpc) is 3.22. The summed E-state index contributed by atoms with van der Waals surface area (Å²) >= 11 is 0. The van der Waals surface area contributed by atoms with Gasteiger partial charge in [0.05, 0.1) is 6.61 Å². The van der Waals surface area contributed by atoms with Crippen molar-refractivity contribution >= 4 is 35.6 Å². The number of hydrogen-bond acceptors (Lipinski definition) is 4. The van der Waals surface area contributed by atoms with Crippen molar-refractivity contribution in [3.63, 3.8) is 0 Å². The molecule has 0 bridgehead atoms. The highest BCUT2D eigenvalue weighted by Crippen LogP contribution is 2.26. The lowest BCUT2D eigenvalue weighted by Gasteiger charge is -2.21. The van der Waals surface area contributed by atoms with Crippen LogP contribution in [0.5, 0.6) is 5.75 Å². The van der Waals surface area contributed by atoms with Gasteiger partial charge >= 0.3 is 0 Å². The zero-order valence-corrected chi connectivity index (χ0v) is 20.8. The van der Waals surface area contributed by atoms with Crippen molar-refractivity contribution in [2.45, 2.75) is 25.4 Å². The SMILES string of the molecule is CN=C(NCc1cccc(OCCCOC)c1)NC1CCN(c2c(F)cccc2F)C1.I. The van der Waals surface area contributed by atoms with E-state index in [4.69, 9.17) is 9.47 Å². The lowest BCUT2D eigenvalue weighted by atomic mass is 10.2. The lowest BCUT2D eigenvalue weighted by Crippen LogP contribution is -2.44. The number of hydrogen-bond donors (Lipinski definition) is 2. The molecule has 176 valence electrons. The van der Waals surface area contributed by atoms with Crippen LogP contribution in [0, 0.1) is 11.6 Å². The molecule has 0 amide bonds. The van der Waals surface area contributed by atoms with E-state index in [2.05, 4.69) is 15.6 Å². The van der Waals surface area contributed by atoms with Crippen molar-refractivity contribution < 1.29 is 18.3 Å². The van der Waals surface area contributed by atoms with E-state index in [1.165, 1.54) is 18.2 Å². The summed E-state index contributed by atoms with van der Waals surface area (Å²) in [6.45, 7) is 2.94. The zero-order chi connectivity index (χ0) is 22.1. The number of ether oxygens (including phenoxy) is 2. The minimum absolute atomic E-state index is 0. The Kier molecular flexibility index (Phi) is 10.9. The molecule has 2 aromatic carbocycles. The van der Waals surface area contributed by atoms with Crippen LogP contribution in [-0.4, -0.2) is 52.5 Å². The molecule has 2 N–H and O–H groups in total. The molecule has 9 heteroatoms. The number of guanidine groups is 1. The second kappa shape index (κ2) is 13.4. The maximum absolute atomic E-state index is 14.1. The van der Waals surface area contributed by atoms with Crippen LogP contribution in [0.2, 0.25) is 0 Å². The van der Waals surface area contributed by atoms with Gasteiger partial charge in [0.25, 0.3) is 0 Å². The molecule has 0 spiro atoms. The fourth-order valence-corrected chi connectivity index (χ4v) is 3.58. The van der Waals surface area contributed by atoms with E-state index >= 15 is 0 Å². The van der Waals surface area contributed by atoms with Gasteiger partial charge in [0, 0.05) is 52.9 Å². The van der Waals surface area contributed by atoms with Crippen LogP contribution in [0.3, 0.4) is 0 Å². The number of para-hydroxylation sites is 1. The highest BCUT2D eigenvalue weighted by molar-refractivity contribution is 14.0. The fourth-order valence-electron chi connectivity index (χ4n) is 3.58. The first-order valence-electron chi connectivity index (χ1n) is 10.5. The first-order valence-corrected chi connectivity index (χ1v) is 10.5. The van der Waals surface area contributed by atoms with Crippen LogP contribution < -0.4 is 20.3 Å². The van der Waals surface area contributed by atoms with Crippen LogP contribution >= 0.6 is 24.0 Å². The summed E-state index contributed by atoms with van der Waals surface area (Å²) in [6.07, 6.45) is 1.60. The predicted octanol–water partition coefficient (Wildman–Crippen LogP) is 3.94. The Hall–Kier alpha value is -2.14. The molecule has 0 aliphatic carbocycles. The van der Waals surface area contributed by atoms with Crippen LogP contribution in [0.1, 0.15) is 18.4 Å². The van der Waals surface area contributed by atoms with E-state index in [1.807, 2.05) is 24.3 Å². The molecule has 0 saturated carbocycles. The molecule has 0 radical (unpaired) electrons. The van der Waals surface area contributed by atoms with Gasteiger partial charge in [-0.3, -0.25) is 4.99 Å². The Balaban J connectivity index is 0.00000363. The second-order valence-electron chi connectivity index (χ2n) is 7.41. The van der Waals surface area contributed by atoms with E-state index < -0.39 is 11.6 Å². The molecule has 6 nitrogen and oxygen atoms in total. The minimum Gasteiger partial charge on any atom is -0.493 e. The molecule has 1 saturated heterocycles. The summed E-state index contributed by atoms with van der Waals surface area (Å²) in [5.74, 6) is 0.393. The van der Waals surface area contributed by atoms with Gasteiger partial charge in [-0.05, 0) is 36.2 Å². The summed E-state index contributed by atoms with van der Waals surface area (Å²) in [6, 6.07) is 11.9. The number of halogens is 3. The third-order valence-electron chi connectivity index (χ3n) is 5.13. The summed E-state index contributed by atoms with van der Waals surface area (Å²) in [5.41, 5.74) is 1.10. The monoisotopic (exact) mass is 560 g/mol. The van der Waals surface area contributed by atoms with Crippen LogP contribution in [0.25, 0.3) is 0 Å². The maximum atomic E-state index is 14.1. The van der Waals surface area contributed by atoms with E-state index in [0.29, 0.717) is 38.8 Å². The highest BCUT2D eigenvalue weighted by Gasteiger charge is 2.27. The molecule has 1 fully saturated rings. The number of benzene rings is 2. The maximum Gasteiger partial charge on any atom is 0.191 e. The Morgan fingerprint density at radius 3 is 2.62 bits per heavy atom. The van der Waals surface area contributed by atoms with Crippen molar-refractivity contribution in [1.82, 2.24) is 10.6 Å². The number of methoxy groups -OCH3 is 1. The molecule has 32 heavy (non-hydrogen) atoms. The van der Waals surface area contributed by atoms with E-state index in [9.17, 15) is 8.78 Å². The minimum atomic E-state index is -0.535. The van der Waals surface area contributed by atoms with E-state index in [1.54, 1.807) is 19.1 Å². The van der Waals surface area contributed by atoms with Gasteiger partial charge in [-0.1, -0.05) is 18.2 Å². The third kappa shape index (κ3) is 7.47.